The summed E-state index contributed by atoms with van der Waals surface area (Å²) < 4.78 is 41.5. The molecule has 2 aromatic rings. The van der Waals surface area contributed by atoms with Crippen LogP contribution in [0.15, 0.2) is 24.3 Å². The number of carbonyl (C=O) groups is 1. The Bertz CT molecular complexity index is 751. The smallest absolute Gasteiger partial charge is 0.405 e. The van der Waals surface area contributed by atoms with Gasteiger partial charge >= 0.3 is 6.36 Å². The Morgan fingerprint density at radius 2 is 2.04 bits per heavy atom. The zero-order valence-electron chi connectivity index (χ0n) is 13.1. The first-order valence-electron chi connectivity index (χ1n) is 7.43. The molecule has 2 atom stereocenters. The molecule has 0 aliphatic heterocycles. The van der Waals surface area contributed by atoms with Crippen molar-refractivity contribution in [1.82, 2.24) is 10.2 Å². The van der Waals surface area contributed by atoms with E-state index in [1.54, 1.807) is 26.0 Å². The fourth-order valence-corrected chi connectivity index (χ4v) is 2.78. The molecule has 1 amide bonds. The molecule has 0 saturated heterocycles. The molecule has 1 aromatic heterocycles. The summed E-state index contributed by atoms with van der Waals surface area (Å²) >= 11 is 0. The minimum Gasteiger partial charge on any atom is -0.405 e. The van der Waals surface area contributed by atoms with Crippen LogP contribution in [0.2, 0.25) is 0 Å². The molecule has 1 aliphatic rings. The summed E-state index contributed by atoms with van der Waals surface area (Å²) in [6.45, 7) is 3.54. The van der Waals surface area contributed by atoms with Gasteiger partial charge in [0.15, 0.2) is 0 Å². The summed E-state index contributed by atoms with van der Waals surface area (Å²) in [5, 5.41) is 9.56. The molecule has 1 fully saturated rings. The van der Waals surface area contributed by atoms with E-state index in [-0.39, 0.29) is 23.5 Å². The van der Waals surface area contributed by atoms with Crippen LogP contribution in [0, 0.1) is 19.8 Å². The monoisotopic (exact) mass is 339 g/mol. The van der Waals surface area contributed by atoms with Gasteiger partial charge in [-0.1, -0.05) is 18.2 Å². The second-order valence-corrected chi connectivity index (χ2v) is 5.83. The van der Waals surface area contributed by atoms with Crippen molar-refractivity contribution < 1.29 is 22.7 Å². The molecule has 1 aromatic carbocycles. The number of rotatable bonds is 4. The molecule has 1 heterocycles. The Balaban J connectivity index is 1.72. The number of nitrogens with one attached hydrogen (secondary N) is 2. The zero-order chi connectivity index (χ0) is 17.5. The topological polar surface area (TPSA) is 67.0 Å². The molecule has 2 N–H and O–H groups in total. The van der Waals surface area contributed by atoms with Crippen LogP contribution >= 0.6 is 0 Å². The number of carbonyl (C=O) groups excluding carboxylic acids is 1. The minimum atomic E-state index is -4.76. The van der Waals surface area contributed by atoms with Crippen LogP contribution in [0.25, 0.3) is 0 Å². The van der Waals surface area contributed by atoms with Gasteiger partial charge in [-0.15, -0.1) is 13.2 Å². The van der Waals surface area contributed by atoms with Gasteiger partial charge in [-0.3, -0.25) is 9.89 Å². The van der Waals surface area contributed by atoms with Crippen molar-refractivity contribution in [3.8, 4) is 5.75 Å². The number of para-hydroxylation sites is 1. The quantitative estimate of drug-likeness (QED) is 0.893. The van der Waals surface area contributed by atoms with Gasteiger partial charge in [0.2, 0.25) is 5.91 Å². The van der Waals surface area contributed by atoms with Gasteiger partial charge in [-0.2, -0.15) is 5.10 Å². The van der Waals surface area contributed by atoms with E-state index in [2.05, 4.69) is 20.3 Å². The number of alkyl halides is 3. The van der Waals surface area contributed by atoms with E-state index in [0.717, 1.165) is 5.69 Å². The van der Waals surface area contributed by atoms with Crippen molar-refractivity contribution in [2.45, 2.75) is 32.5 Å². The van der Waals surface area contributed by atoms with Crippen LogP contribution in [0.4, 0.5) is 18.9 Å². The number of aromatic nitrogens is 2. The molecule has 1 saturated carbocycles. The number of amides is 1. The van der Waals surface area contributed by atoms with E-state index in [9.17, 15) is 18.0 Å². The normalized spacial score (nSPS) is 19.9. The Labute approximate surface area is 136 Å². The van der Waals surface area contributed by atoms with Crippen LogP contribution < -0.4 is 10.1 Å². The van der Waals surface area contributed by atoms with Crippen LogP contribution in [0.3, 0.4) is 0 Å². The molecule has 24 heavy (non-hydrogen) atoms. The lowest BCUT2D eigenvalue weighted by atomic mass is 10.1. The second kappa shape index (κ2) is 5.85. The van der Waals surface area contributed by atoms with Crippen molar-refractivity contribution in [1.29, 1.82) is 0 Å². The lowest BCUT2D eigenvalue weighted by molar-refractivity contribution is -0.274. The Morgan fingerprint density at radius 1 is 1.33 bits per heavy atom. The summed E-state index contributed by atoms with van der Waals surface area (Å²) in [4.78, 5) is 12.3. The molecule has 128 valence electrons. The van der Waals surface area contributed by atoms with Crippen molar-refractivity contribution in [2.24, 2.45) is 5.92 Å². The predicted molar refractivity (Wildman–Crippen MR) is 80.7 cm³/mol. The average molecular weight is 339 g/mol. The summed E-state index contributed by atoms with van der Waals surface area (Å²) in [6.07, 6.45) is -4.27. The van der Waals surface area contributed by atoms with Gasteiger partial charge in [-0.05, 0) is 37.8 Å². The first kappa shape index (κ1) is 16.4. The van der Waals surface area contributed by atoms with Crippen LogP contribution in [0.1, 0.15) is 29.3 Å². The Kier molecular flexibility index (Phi) is 3.98. The van der Waals surface area contributed by atoms with Crippen molar-refractivity contribution >= 4 is 11.6 Å². The van der Waals surface area contributed by atoms with Crippen molar-refractivity contribution in [3.63, 3.8) is 0 Å². The van der Waals surface area contributed by atoms with E-state index < -0.39 is 6.36 Å². The third kappa shape index (κ3) is 3.37. The third-order valence-electron chi connectivity index (χ3n) is 4.05. The number of benzene rings is 1. The van der Waals surface area contributed by atoms with Crippen molar-refractivity contribution in [2.75, 3.05) is 5.32 Å². The number of aromatic amines is 1. The van der Waals surface area contributed by atoms with Gasteiger partial charge in [0.25, 0.3) is 0 Å². The number of aryl methyl sites for hydroxylation is 2. The maximum absolute atomic E-state index is 12.5. The standard InChI is InChI=1S/C16H16F3N3O2/c1-8-14(9(2)22-21-8)20-15(23)12-7-11(12)10-5-3-4-6-13(10)24-16(17,18)19/h3-6,11-12H,7H2,1-2H3,(H,20,23)(H,21,22)/t11-,12+/m1/s1. The molecule has 0 unspecified atom stereocenters. The Hall–Kier alpha value is -2.51. The lowest BCUT2D eigenvalue weighted by Crippen LogP contribution is -2.18. The third-order valence-corrected chi connectivity index (χ3v) is 4.05. The number of anilines is 1. The number of halogens is 3. The highest BCUT2D eigenvalue weighted by Crippen LogP contribution is 2.51. The fraction of sp³-hybridized carbons (Fsp3) is 0.375. The summed E-state index contributed by atoms with van der Waals surface area (Å²) in [5.74, 6) is -1.14. The highest BCUT2D eigenvalue weighted by atomic mass is 19.4. The van der Waals surface area contributed by atoms with Crippen LogP contribution in [-0.2, 0) is 4.79 Å². The minimum absolute atomic E-state index is 0.227. The molecule has 8 heteroatoms. The van der Waals surface area contributed by atoms with Gasteiger partial charge in [0, 0.05) is 5.92 Å². The van der Waals surface area contributed by atoms with Crippen LogP contribution in [-0.4, -0.2) is 22.5 Å². The largest absolute Gasteiger partial charge is 0.573 e. The number of hydrogen-bond donors (Lipinski definition) is 2. The number of nitrogens with zero attached hydrogens (tertiary/aromatic N) is 1. The van der Waals surface area contributed by atoms with Crippen LogP contribution in [0.5, 0.6) is 5.75 Å². The van der Waals surface area contributed by atoms with Crippen molar-refractivity contribution in [3.05, 3.63) is 41.2 Å². The van der Waals surface area contributed by atoms with E-state index in [0.29, 0.717) is 23.4 Å². The molecule has 3 rings (SSSR count). The zero-order valence-corrected chi connectivity index (χ0v) is 13.1. The molecular weight excluding hydrogens is 323 g/mol. The fourth-order valence-electron chi connectivity index (χ4n) is 2.78. The molecule has 0 spiro atoms. The van der Waals surface area contributed by atoms with Gasteiger partial charge in [-0.25, -0.2) is 0 Å². The summed E-state index contributed by atoms with van der Waals surface area (Å²) in [7, 11) is 0. The number of H-pyrrole nitrogens is 1. The molecule has 5 nitrogen and oxygen atoms in total. The summed E-state index contributed by atoms with van der Waals surface area (Å²) in [5.41, 5.74) is 2.42. The van der Waals surface area contributed by atoms with Gasteiger partial charge < -0.3 is 10.1 Å². The average Bonchev–Trinajstić information content (AvgIpc) is 3.23. The number of hydrogen-bond acceptors (Lipinski definition) is 3. The van der Waals surface area contributed by atoms with E-state index >= 15 is 0 Å². The van der Waals surface area contributed by atoms with E-state index in [1.807, 2.05) is 0 Å². The SMILES string of the molecule is Cc1n[nH]c(C)c1NC(=O)[C@H]1C[C@@H]1c1ccccc1OC(F)(F)F. The predicted octanol–water partition coefficient (Wildman–Crippen LogP) is 3.67. The maximum Gasteiger partial charge on any atom is 0.573 e. The maximum atomic E-state index is 12.5. The lowest BCUT2D eigenvalue weighted by Gasteiger charge is -2.13. The highest BCUT2D eigenvalue weighted by molar-refractivity contribution is 5.96. The van der Waals surface area contributed by atoms with Gasteiger partial charge in [0.1, 0.15) is 5.75 Å². The van der Waals surface area contributed by atoms with E-state index in [4.69, 9.17) is 0 Å². The van der Waals surface area contributed by atoms with Gasteiger partial charge in [0.05, 0.1) is 17.1 Å². The first-order valence-corrected chi connectivity index (χ1v) is 7.43. The Morgan fingerprint density at radius 3 is 2.67 bits per heavy atom. The molecule has 0 radical (unpaired) electrons. The highest BCUT2D eigenvalue weighted by Gasteiger charge is 2.46. The van der Waals surface area contributed by atoms with E-state index in [1.165, 1.54) is 12.1 Å². The molecule has 1 aliphatic carbocycles. The molecular formula is C16H16F3N3O2. The number of ether oxygens (including phenoxy) is 1. The second-order valence-electron chi connectivity index (χ2n) is 5.83. The summed E-state index contributed by atoms with van der Waals surface area (Å²) in [6, 6.07) is 5.93. The first-order chi connectivity index (χ1) is 11.3. The molecule has 0 bridgehead atoms.